The molecular formula is C38H24OS. The average Bonchev–Trinajstić information content (AvgIpc) is 3.61. The lowest BCUT2D eigenvalue weighted by Gasteiger charge is -2.09. The molecule has 0 radical (unpaired) electrons. The molecule has 188 valence electrons. The fraction of sp³-hybridized carbons (Fsp3) is 0. The first kappa shape index (κ1) is 23.0. The highest BCUT2D eigenvalue weighted by Crippen LogP contribution is 2.49. The lowest BCUT2D eigenvalue weighted by atomic mass is 9.96. The van der Waals surface area contributed by atoms with E-state index in [0.29, 0.717) is 0 Å². The van der Waals surface area contributed by atoms with Gasteiger partial charge in [-0.2, -0.15) is 0 Å². The van der Waals surface area contributed by atoms with Crippen LogP contribution >= 0.6 is 11.3 Å². The third-order valence-electron chi connectivity index (χ3n) is 7.73. The Morgan fingerprint density at radius 3 is 1.40 bits per heavy atom. The first-order chi connectivity index (χ1) is 19.9. The quantitative estimate of drug-likeness (QED) is 0.221. The fourth-order valence-corrected chi connectivity index (χ4v) is 7.22. The van der Waals surface area contributed by atoms with Crippen molar-refractivity contribution in [1.82, 2.24) is 0 Å². The molecule has 1 nitrogen and oxygen atoms in total. The van der Waals surface area contributed by atoms with E-state index in [1.807, 2.05) is 11.3 Å². The Morgan fingerprint density at radius 2 is 0.750 bits per heavy atom. The molecule has 0 aliphatic heterocycles. The Labute approximate surface area is 236 Å². The summed E-state index contributed by atoms with van der Waals surface area (Å²) in [6.07, 6.45) is 0. The average molecular weight is 529 g/mol. The predicted octanol–water partition coefficient (Wildman–Crippen LogP) is 11.5. The smallest absolute Gasteiger partial charge is 0.144 e. The van der Waals surface area contributed by atoms with Gasteiger partial charge in [0.25, 0.3) is 0 Å². The van der Waals surface area contributed by atoms with Crippen LogP contribution in [-0.4, -0.2) is 0 Å². The zero-order valence-electron chi connectivity index (χ0n) is 21.7. The van der Waals surface area contributed by atoms with Crippen molar-refractivity contribution in [2.24, 2.45) is 0 Å². The minimum absolute atomic E-state index is 0.937. The molecule has 0 amide bonds. The van der Waals surface area contributed by atoms with Gasteiger partial charge < -0.3 is 4.42 Å². The van der Waals surface area contributed by atoms with E-state index in [9.17, 15) is 0 Å². The monoisotopic (exact) mass is 528 g/mol. The van der Waals surface area contributed by atoms with Crippen molar-refractivity contribution in [3.8, 4) is 43.1 Å². The first-order valence-electron chi connectivity index (χ1n) is 13.5. The van der Waals surface area contributed by atoms with Crippen LogP contribution < -0.4 is 0 Å². The summed E-state index contributed by atoms with van der Waals surface area (Å²) >= 11 is 1.85. The number of para-hydroxylation sites is 2. The van der Waals surface area contributed by atoms with Gasteiger partial charge >= 0.3 is 0 Å². The predicted molar refractivity (Wildman–Crippen MR) is 171 cm³/mol. The number of rotatable bonds is 4. The summed E-state index contributed by atoms with van der Waals surface area (Å²) in [5, 5.41) is 4.81. The second-order valence-corrected chi connectivity index (χ2v) is 11.1. The van der Waals surface area contributed by atoms with E-state index in [2.05, 4.69) is 146 Å². The highest BCUT2D eigenvalue weighted by atomic mass is 32.1. The Morgan fingerprint density at radius 1 is 0.325 bits per heavy atom. The van der Waals surface area contributed by atoms with Crippen molar-refractivity contribution in [1.29, 1.82) is 0 Å². The molecule has 2 heteroatoms. The second-order valence-electron chi connectivity index (χ2n) is 10.1. The molecule has 0 saturated heterocycles. The topological polar surface area (TPSA) is 13.1 Å². The summed E-state index contributed by atoms with van der Waals surface area (Å²) in [6, 6.07) is 51.7. The number of benzene rings is 6. The highest BCUT2D eigenvalue weighted by Gasteiger charge is 2.21. The largest absolute Gasteiger partial charge is 0.455 e. The molecule has 6 aromatic carbocycles. The van der Waals surface area contributed by atoms with Crippen molar-refractivity contribution in [3.63, 3.8) is 0 Å². The molecule has 0 bridgehead atoms. The van der Waals surface area contributed by atoms with Crippen LogP contribution in [0.5, 0.6) is 0 Å². The molecule has 8 aromatic rings. The van der Waals surface area contributed by atoms with E-state index < -0.39 is 0 Å². The lowest BCUT2D eigenvalue weighted by molar-refractivity contribution is 0.671. The summed E-state index contributed by atoms with van der Waals surface area (Å²) in [4.78, 5) is 2.52. The molecule has 8 rings (SSSR count). The first-order valence-corrected chi connectivity index (χ1v) is 14.3. The van der Waals surface area contributed by atoms with E-state index in [-0.39, 0.29) is 0 Å². The summed E-state index contributed by atoms with van der Waals surface area (Å²) < 4.78 is 6.79. The van der Waals surface area contributed by atoms with Crippen LogP contribution in [0.25, 0.3) is 75.8 Å². The minimum atomic E-state index is 0.937. The van der Waals surface area contributed by atoms with Gasteiger partial charge in [-0.3, -0.25) is 0 Å². The Bertz CT molecular complexity index is 2150. The van der Waals surface area contributed by atoms with Crippen molar-refractivity contribution < 1.29 is 4.42 Å². The maximum absolute atomic E-state index is 6.79. The number of hydrogen-bond acceptors (Lipinski definition) is 2. The van der Waals surface area contributed by atoms with Crippen LogP contribution in [0.4, 0.5) is 0 Å². The SMILES string of the molecule is c1ccc(-c2ccccc2-c2sc(-c3cccc4c3oc3c(-c5ccccc5)cccc34)c3ccccc23)cc1. The van der Waals surface area contributed by atoms with Crippen molar-refractivity contribution >= 4 is 44.0 Å². The van der Waals surface area contributed by atoms with Crippen LogP contribution in [0.1, 0.15) is 0 Å². The summed E-state index contributed by atoms with van der Waals surface area (Å²) in [5.41, 5.74) is 9.02. The normalized spacial score (nSPS) is 11.5. The van der Waals surface area contributed by atoms with Crippen LogP contribution in [0.2, 0.25) is 0 Å². The molecule has 0 atom stereocenters. The number of fused-ring (bicyclic) bond motifs is 4. The fourth-order valence-electron chi connectivity index (χ4n) is 5.89. The van der Waals surface area contributed by atoms with Crippen molar-refractivity contribution in [3.05, 3.63) is 146 Å². The van der Waals surface area contributed by atoms with E-state index >= 15 is 0 Å². The molecule has 0 spiro atoms. The number of hydrogen-bond donors (Lipinski definition) is 0. The maximum atomic E-state index is 6.79. The molecular weight excluding hydrogens is 504 g/mol. The van der Waals surface area contributed by atoms with Crippen LogP contribution in [0.3, 0.4) is 0 Å². The maximum Gasteiger partial charge on any atom is 0.144 e. The van der Waals surface area contributed by atoms with Gasteiger partial charge in [-0.15, -0.1) is 11.3 Å². The van der Waals surface area contributed by atoms with Gasteiger partial charge in [-0.1, -0.05) is 140 Å². The van der Waals surface area contributed by atoms with E-state index in [0.717, 1.165) is 38.6 Å². The van der Waals surface area contributed by atoms with Gasteiger partial charge in [0, 0.05) is 48.0 Å². The third kappa shape index (κ3) is 3.61. The van der Waals surface area contributed by atoms with E-state index in [4.69, 9.17) is 4.42 Å². The molecule has 2 aromatic heterocycles. The van der Waals surface area contributed by atoms with Gasteiger partial charge in [0.1, 0.15) is 11.2 Å². The molecule has 0 N–H and O–H groups in total. The standard InChI is InChI=1S/C38H24OS/c1-3-13-25(14-4-1)27-17-7-8-18-31(27)37-32-19-9-10-20-33(32)38(40-37)34-24-12-23-30-29-22-11-21-28(35(29)39-36(30)34)26-15-5-2-6-16-26/h1-24H. The Hall–Kier alpha value is -4.92. The molecule has 0 aliphatic rings. The van der Waals surface area contributed by atoms with Gasteiger partial charge in [0.15, 0.2) is 0 Å². The number of thiophene rings is 1. The minimum Gasteiger partial charge on any atom is -0.455 e. The third-order valence-corrected chi connectivity index (χ3v) is 9.02. The highest BCUT2D eigenvalue weighted by molar-refractivity contribution is 7.21. The number of furan rings is 1. The van der Waals surface area contributed by atoms with Gasteiger partial charge in [-0.05, 0) is 22.8 Å². The second kappa shape index (κ2) is 9.37. The summed E-state index contributed by atoms with van der Waals surface area (Å²) in [7, 11) is 0. The molecule has 0 saturated carbocycles. The zero-order valence-corrected chi connectivity index (χ0v) is 22.5. The van der Waals surface area contributed by atoms with Gasteiger partial charge in [-0.25, -0.2) is 0 Å². The van der Waals surface area contributed by atoms with Gasteiger partial charge in [0.05, 0.1) is 0 Å². The summed E-state index contributed by atoms with van der Waals surface area (Å²) in [5.74, 6) is 0. The molecule has 0 aliphatic carbocycles. The van der Waals surface area contributed by atoms with Crippen molar-refractivity contribution in [2.75, 3.05) is 0 Å². The molecule has 0 fully saturated rings. The molecule has 2 heterocycles. The Balaban J connectivity index is 1.39. The van der Waals surface area contributed by atoms with Crippen LogP contribution in [-0.2, 0) is 0 Å². The van der Waals surface area contributed by atoms with Crippen molar-refractivity contribution in [2.45, 2.75) is 0 Å². The van der Waals surface area contributed by atoms with E-state index in [1.54, 1.807) is 0 Å². The summed E-state index contributed by atoms with van der Waals surface area (Å²) in [6.45, 7) is 0. The molecule has 40 heavy (non-hydrogen) atoms. The molecule has 0 unspecified atom stereocenters. The van der Waals surface area contributed by atoms with Gasteiger partial charge in [0.2, 0.25) is 0 Å². The zero-order chi connectivity index (χ0) is 26.5. The van der Waals surface area contributed by atoms with Crippen LogP contribution in [0.15, 0.2) is 150 Å². The van der Waals surface area contributed by atoms with E-state index in [1.165, 1.54) is 37.2 Å². The Kier molecular flexibility index (Phi) is 5.39. The lowest BCUT2D eigenvalue weighted by Crippen LogP contribution is -1.82. The van der Waals surface area contributed by atoms with Crippen LogP contribution in [0, 0.1) is 0 Å².